The Kier molecular flexibility index (Phi) is 4.77. The lowest BCUT2D eigenvalue weighted by molar-refractivity contribution is 0.278. The Bertz CT molecular complexity index is 539. The highest BCUT2D eigenvalue weighted by Gasteiger charge is 2.15. The van der Waals surface area contributed by atoms with Gasteiger partial charge in [0.1, 0.15) is 5.75 Å². The van der Waals surface area contributed by atoms with Gasteiger partial charge in [0.2, 0.25) is 0 Å². The lowest BCUT2D eigenvalue weighted by Crippen LogP contribution is -2.13. The molecule has 0 saturated carbocycles. The Morgan fingerprint density at radius 2 is 2.00 bits per heavy atom. The number of hydrogen-bond donors (Lipinski definition) is 2. The Hall–Kier alpha value is -1.58. The average molecular weight is 259 g/mol. The number of hydrogen-bond acceptors (Lipinski definition) is 3. The van der Waals surface area contributed by atoms with Gasteiger partial charge >= 0.3 is 0 Å². The minimum absolute atomic E-state index is 0.111. The van der Waals surface area contributed by atoms with E-state index < -0.39 is 0 Å². The number of rotatable bonds is 6. The normalized spacial score (nSPS) is 12.6. The standard InChI is InChI=1S/C16H21NO2/c1-2-19-15-10-9-12-6-3-4-7-13(12)16(15)14(17)8-5-11-18/h3-4,6-7,9-10,14,18H,2,5,8,11,17H2,1H3/t14-/m0/s1. The van der Waals surface area contributed by atoms with Crippen LogP contribution in [-0.4, -0.2) is 18.3 Å². The van der Waals surface area contributed by atoms with Crippen molar-refractivity contribution in [3.8, 4) is 5.75 Å². The first-order chi connectivity index (χ1) is 9.27. The summed E-state index contributed by atoms with van der Waals surface area (Å²) >= 11 is 0. The number of aliphatic hydroxyl groups is 1. The molecule has 0 saturated heterocycles. The minimum Gasteiger partial charge on any atom is -0.494 e. The van der Waals surface area contributed by atoms with Crippen molar-refractivity contribution in [3.05, 3.63) is 42.0 Å². The molecule has 0 amide bonds. The maximum Gasteiger partial charge on any atom is 0.124 e. The van der Waals surface area contributed by atoms with Crippen molar-refractivity contribution in [2.24, 2.45) is 5.73 Å². The van der Waals surface area contributed by atoms with Gasteiger partial charge < -0.3 is 15.6 Å². The van der Waals surface area contributed by atoms with Gasteiger partial charge in [-0.15, -0.1) is 0 Å². The SMILES string of the molecule is CCOc1ccc2ccccc2c1[C@@H](N)CCCO. The summed E-state index contributed by atoms with van der Waals surface area (Å²) in [6, 6.07) is 12.1. The fourth-order valence-electron chi connectivity index (χ4n) is 2.39. The fraction of sp³-hybridized carbons (Fsp3) is 0.375. The Morgan fingerprint density at radius 1 is 1.21 bits per heavy atom. The zero-order chi connectivity index (χ0) is 13.7. The molecule has 0 aliphatic carbocycles. The summed E-state index contributed by atoms with van der Waals surface area (Å²) in [7, 11) is 0. The molecule has 2 rings (SSSR count). The van der Waals surface area contributed by atoms with Crippen LogP contribution in [-0.2, 0) is 0 Å². The Labute approximate surface area is 114 Å². The highest BCUT2D eigenvalue weighted by Crippen LogP contribution is 2.34. The first-order valence-electron chi connectivity index (χ1n) is 6.78. The third-order valence-corrected chi connectivity index (χ3v) is 3.27. The lowest BCUT2D eigenvalue weighted by Gasteiger charge is -2.19. The molecule has 0 aliphatic heterocycles. The van der Waals surface area contributed by atoms with Crippen LogP contribution in [0.15, 0.2) is 36.4 Å². The van der Waals surface area contributed by atoms with E-state index in [1.165, 1.54) is 5.39 Å². The van der Waals surface area contributed by atoms with E-state index in [2.05, 4.69) is 18.2 Å². The summed E-state index contributed by atoms with van der Waals surface area (Å²) in [4.78, 5) is 0. The second-order valence-corrected chi connectivity index (χ2v) is 4.60. The molecule has 0 fully saturated rings. The van der Waals surface area contributed by atoms with E-state index in [-0.39, 0.29) is 12.6 Å². The summed E-state index contributed by atoms with van der Waals surface area (Å²) in [6.45, 7) is 2.76. The van der Waals surface area contributed by atoms with Gasteiger partial charge in [-0.2, -0.15) is 0 Å². The number of benzene rings is 2. The third-order valence-electron chi connectivity index (χ3n) is 3.27. The maximum atomic E-state index is 8.96. The van der Waals surface area contributed by atoms with E-state index in [9.17, 15) is 0 Å². The highest BCUT2D eigenvalue weighted by atomic mass is 16.5. The second kappa shape index (κ2) is 6.55. The van der Waals surface area contributed by atoms with Crippen LogP contribution in [0.25, 0.3) is 10.8 Å². The first-order valence-corrected chi connectivity index (χ1v) is 6.78. The van der Waals surface area contributed by atoms with Gasteiger partial charge in [-0.25, -0.2) is 0 Å². The molecule has 1 atom stereocenters. The molecule has 0 unspecified atom stereocenters. The summed E-state index contributed by atoms with van der Waals surface area (Å²) in [6.07, 6.45) is 1.46. The van der Waals surface area contributed by atoms with Gasteiger partial charge in [-0.3, -0.25) is 0 Å². The van der Waals surface area contributed by atoms with Crippen LogP contribution in [0.3, 0.4) is 0 Å². The molecule has 0 bridgehead atoms. The zero-order valence-electron chi connectivity index (χ0n) is 11.3. The van der Waals surface area contributed by atoms with Crippen molar-refractivity contribution in [2.75, 3.05) is 13.2 Å². The van der Waals surface area contributed by atoms with E-state index in [1.54, 1.807) is 0 Å². The third kappa shape index (κ3) is 3.06. The first kappa shape index (κ1) is 13.8. The number of aliphatic hydroxyl groups excluding tert-OH is 1. The van der Waals surface area contributed by atoms with Crippen LogP contribution in [0.1, 0.15) is 31.4 Å². The molecule has 2 aromatic rings. The molecule has 0 heterocycles. The molecule has 3 heteroatoms. The molecule has 102 valence electrons. The van der Waals surface area contributed by atoms with Crippen LogP contribution >= 0.6 is 0 Å². The Balaban J connectivity index is 2.48. The summed E-state index contributed by atoms with van der Waals surface area (Å²) < 4.78 is 5.70. The number of ether oxygens (including phenoxy) is 1. The average Bonchev–Trinajstić information content (AvgIpc) is 2.45. The van der Waals surface area contributed by atoms with E-state index >= 15 is 0 Å². The van der Waals surface area contributed by atoms with Crippen molar-refractivity contribution < 1.29 is 9.84 Å². The largest absolute Gasteiger partial charge is 0.494 e. The van der Waals surface area contributed by atoms with Gasteiger partial charge in [-0.1, -0.05) is 30.3 Å². The molecule has 19 heavy (non-hydrogen) atoms. The summed E-state index contributed by atoms with van der Waals surface area (Å²) in [5, 5.41) is 11.3. The van der Waals surface area contributed by atoms with Gasteiger partial charge in [0.15, 0.2) is 0 Å². The monoisotopic (exact) mass is 259 g/mol. The van der Waals surface area contributed by atoms with Gasteiger partial charge in [0.25, 0.3) is 0 Å². The molecule has 3 N–H and O–H groups in total. The number of nitrogens with two attached hydrogens (primary N) is 1. The van der Waals surface area contributed by atoms with Crippen LogP contribution in [0.5, 0.6) is 5.75 Å². The molecule has 0 aromatic heterocycles. The van der Waals surface area contributed by atoms with Gasteiger partial charge in [0, 0.05) is 18.2 Å². The zero-order valence-corrected chi connectivity index (χ0v) is 11.3. The Morgan fingerprint density at radius 3 is 2.74 bits per heavy atom. The minimum atomic E-state index is -0.111. The van der Waals surface area contributed by atoms with Crippen molar-refractivity contribution in [2.45, 2.75) is 25.8 Å². The van der Waals surface area contributed by atoms with E-state index in [1.807, 2.05) is 25.1 Å². The second-order valence-electron chi connectivity index (χ2n) is 4.60. The van der Waals surface area contributed by atoms with Gasteiger partial charge in [0.05, 0.1) is 6.61 Å². The molecule has 0 spiro atoms. The van der Waals surface area contributed by atoms with Crippen LogP contribution in [0.2, 0.25) is 0 Å². The topological polar surface area (TPSA) is 55.5 Å². The number of fused-ring (bicyclic) bond motifs is 1. The molecule has 3 nitrogen and oxygen atoms in total. The van der Waals surface area contributed by atoms with E-state index in [4.69, 9.17) is 15.6 Å². The van der Waals surface area contributed by atoms with Crippen molar-refractivity contribution in [1.29, 1.82) is 0 Å². The van der Waals surface area contributed by atoms with E-state index in [0.717, 1.165) is 23.1 Å². The van der Waals surface area contributed by atoms with Crippen LogP contribution < -0.4 is 10.5 Å². The maximum absolute atomic E-state index is 8.96. The fourth-order valence-corrected chi connectivity index (χ4v) is 2.39. The van der Waals surface area contributed by atoms with Crippen molar-refractivity contribution in [3.63, 3.8) is 0 Å². The molecule has 2 aromatic carbocycles. The summed E-state index contributed by atoms with van der Waals surface area (Å²) in [5.41, 5.74) is 7.34. The molecule has 0 radical (unpaired) electrons. The van der Waals surface area contributed by atoms with Crippen molar-refractivity contribution in [1.82, 2.24) is 0 Å². The highest BCUT2D eigenvalue weighted by molar-refractivity contribution is 5.88. The predicted octanol–water partition coefficient (Wildman–Crippen LogP) is 3.01. The summed E-state index contributed by atoms with van der Waals surface area (Å²) in [5.74, 6) is 0.853. The molecule has 0 aliphatic rings. The van der Waals surface area contributed by atoms with Gasteiger partial charge in [-0.05, 0) is 36.6 Å². The quantitative estimate of drug-likeness (QED) is 0.838. The van der Waals surface area contributed by atoms with E-state index in [0.29, 0.717) is 13.0 Å². The van der Waals surface area contributed by atoms with Crippen LogP contribution in [0, 0.1) is 0 Å². The molecular formula is C16H21NO2. The van der Waals surface area contributed by atoms with Crippen LogP contribution in [0.4, 0.5) is 0 Å². The van der Waals surface area contributed by atoms with Crippen molar-refractivity contribution >= 4 is 10.8 Å². The smallest absolute Gasteiger partial charge is 0.124 e. The predicted molar refractivity (Wildman–Crippen MR) is 78.4 cm³/mol. The lowest BCUT2D eigenvalue weighted by atomic mass is 9.95. The molecular weight excluding hydrogens is 238 g/mol.